The van der Waals surface area contributed by atoms with E-state index in [2.05, 4.69) is 10.2 Å². The van der Waals surface area contributed by atoms with Gasteiger partial charge in [0.25, 0.3) is 5.89 Å². The predicted octanol–water partition coefficient (Wildman–Crippen LogP) is 2.89. The zero-order valence-electron chi connectivity index (χ0n) is 10.7. The van der Waals surface area contributed by atoms with Crippen LogP contribution in [0.3, 0.4) is 0 Å². The second kappa shape index (κ2) is 5.30. The van der Waals surface area contributed by atoms with Crippen LogP contribution in [0.1, 0.15) is 43.4 Å². The second-order valence-electron chi connectivity index (χ2n) is 4.84. The Bertz CT molecular complexity index is 547. The average Bonchev–Trinajstić information content (AvgIpc) is 3.09. The van der Waals surface area contributed by atoms with Crippen LogP contribution < -0.4 is 10.5 Å². The Hall–Kier alpha value is -2.04. The van der Waals surface area contributed by atoms with Gasteiger partial charge in [-0.1, -0.05) is 25.0 Å². The summed E-state index contributed by atoms with van der Waals surface area (Å²) >= 11 is 0. The molecule has 0 spiro atoms. The fourth-order valence-corrected chi connectivity index (χ4v) is 2.41. The Kier molecular flexibility index (Phi) is 3.35. The fraction of sp³-hybridized carbons (Fsp3) is 0.429. The molecule has 3 rings (SSSR count). The molecular formula is C14H17N3O2. The van der Waals surface area contributed by atoms with Crippen LogP contribution in [-0.4, -0.2) is 10.2 Å². The molecular weight excluding hydrogens is 242 g/mol. The van der Waals surface area contributed by atoms with Crippen LogP contribution in [0.15, 0.2) is 28.7 Å². The summed E-state index contributed by atoms with van der Waals surface area (Å²) in [5.74, 6) is 2.33. The lowest BCUT2D eigenvalue weighted by Gasteiger charge is -2.05. The van der Waals surface area contributed by atoms with Crippen LogP contribution in [0.25, 0.3) is 0 Å². The van der Waals surface area contributed by atoms with Crippen molar-refractivity contribution in [2.24, 2.45) is 0 Å². The Morgan fingerprint density at radius 3 is 2.79 bits per heavy atom. The van der Waals surface area contributed by atoms with Gasteiger partial charge in [0.1, 0.15) is 5.75 Å². The molecule has 0 unspecified atom stereocenters. The molecule has 0 bridgehead atoms. The molecule has 100 valence electrons. The van der Waals surface area contributed by atoms with E-state index in [1.54, 1.807) is 6.07 Å². The highest BCUT2D eigenvalue weighted by Crippen LogP contribution is 2.33. The smallest absolute Gasteiger partial charge is 0.253 e. The molecule has 5 nitrogen and oxygen atoms in total. The number of nitrogen functional groups attached to an aromatic ring is 1. The van der Waals surface area contributed by atoms with E-state index < -0.39 is 0 Å². The molecule has 1 aliphatic carbocycles. The first-order valence-electron chi connectivity index (χ1n) is 6.62. The Balaban J connectivity index is 1.63. The number of hydrogen-bond donors (Lipinski definition) is 1. The maximum atomic E-state index is 5.80. The first-order valence-corrected chi connectivity index (χ1v) is 6.62. The fourth-order valence-electron chi connectivity index (χ4n) is 2.41. The van der Waals surface area contributed by atoms with Crippen molar-refractivity contribution in [3.63, 3.8) is 0 Å². The van der Waals surface area contributed by atoms with Gasteiger partial charge in [-0.25, -0.2) is 0 Å². The van der Waals surface area contributed by atoms with Crippen LogP contribution in [0.2, 0.25) is 0 Å². The van der Waals surface area contributed by atoms with Crippen molar-refractivity contribution in [1.82, 2.24) is 10.2 Å². The number of anilines is 1. The number of benzene rings is 1. The first-order chi connectivity index (χ1) is 9.33. The monoisotopic (exact) mass is 259 g/mol. The van der Waals surface area contributed by atoms with Gasteiger partial charge >= 0.3 is 0 Å². The van der Waals surface area contributed by atoms with E-state index in [-0.39, 0.29) is 6.61 Å². The summed E-state index contributed by atoms with van der Waals surface area (Å²) in [6.45, 7) is 0.258. The summed E-state index contributed by atoms with van der Waals surface area (Å²) in [6.07, 6.45) is 4.79. The van der Waals surface area contributed by atoms with Gasteiger partial charge in [0.05, 0.1) is 5.69 Å². The van der Waals surface area contributed by atoms with Gasteiger partial charge in [0.2, 0.25) is 5.89 Å². The van der Waals surface area contributed by atoms with Crippen LogP contribution in [0, 0.1) is 0 Å². The van der Waals surface area contributed by atoms with E-state index in [0.717, 1.165) is 18.7 Å². The number of para-hydroxylation sites is 2. The van der Waals surface area contributed by atoms with Crippen molar-refractivity contribution in [1.29, 1.82) is 0 Å². The normalized spacial score (nSPS) is 15.8. The van der Waals surface area contributed by atoms with E-state index in [0.29, 0.717) is 23.2 Å². The van der Waals surface area contributed by atoms with Crippen molar-refractivity contribution in [3.8, 4) is 5.75 Å². The molecule has 2 N–H and O–H groups in total. The zero-order valence-corrected chi connectivity index (χ0v) is 10.7. The third-order valence-electron chi connectivity index (χ3n) is 3.46. The van der Waals surface area contributed by atoms with Gasteiger partial charge in [-0.05, 0) is 25.0 Å². The highest BCUT2D eigenvalue weighted by molar-refractivity contribution is 5.51. The summed E-state index contributed by atoms with van der Waals surface area (Å²) in [4.78, 5) is 0. The number of nitrogens with zero attached hydrogens (tertiary/aromatic N) is 2. The second-order valence-corrected chi connectivity index (χ2v) is 4.84. The van der Waals surface area contributed by atoms with E-state index in [9.17, 15) is 0 Å². The molecule has 0 aliphatic heterocycles. The maximum absolute atomic E-state index is 5.80. The van der Waals surface area contributed by atoms with Crippen LogP contribution in [0.4, 0.5) is 5.69 Å². The molecule has 2 aromatic rings. The molecule has 1 aromatic carbocycles. The average molecular weight is 259 g/mol. The SMILES string of the molecule is Nc1ccccc1OCc1nnc(C2CCCC2)o1. The van der Waals surface area contributed by atoms with Gasteiger partial charge in [-0.2, -0.15) is 0 Å². The lowest BCUT2D eigenvalue weighted by molar-refractivity contribution is 0.257. The molecule has 0 atom stereocenters. The molecule has 5 heteroatoms. The summed E-state index contributed by atoms with van der Waals surface area (Å²) in [6, 6.07) is 7.37. The Morgan fingerprint density at radius 1 is 1.21 bits per heavy atom. The minimum absolute atomic E-state index is 0.258. The van der Waals surface area contributed by atoms with E-state index in [4.69, 9.17) is 14.9 Å². The molecule has 0 radical (unpaired) electrons. The zero-order chi connectivity index (χ0) is 13.1. The lowest BCUT2D eigenvalue weighted by atomic mass is 10.1. The van der Waals surface area contributed by atoms with Gasteiger partial charge in [-0.3, -0.25) is 0 Å². The van der Waals surface area contributed by atoms with Crippen LogP contribution in [0.5, 0.6) is 5.75 Å². The number of hydrogen-bond acceptors (Lipinski definition) is 5. The third kappa shape index (κ3) is 2.70. The van der Waals surface area contributed by atoms with E-state index >= 15 is 0 Å². The summed E-state index contributed by atoms with van der Waals surface area (Å²) in [7, 11) is 0. The summed E-state index contributed by atoms with van der Waals surface area (Å²) in [5, 5.41) is 8.13. The van der Waals surface area contributed by atoms with Gasteiger partial charge in [0.15, 0.2) is 6.61 Å². The van der Waals surface area contributed by atoms with Crippen molar-refractivity contribution < 1.29 is 9.15 Å². The molecule has 0 amide bonds. The molecule has 1 fully saturated rings. The van der Waals surface area contributed by atoms with Crippen LogP contribution in [-0.2, 0) is 6.61 Å². The molecule has 1 heterocycles. The number of ether oxygens (including phenoxy) is 1. The van der Waals surface area contributed by atoms with Gasteiger partial charge in [0, 0.05) is 5.92 Å². The highest BCUT2D eigenvalue weighted by Gasteiger charge is 2.22. The molecule has 1 saturated carbocycles. The summed E-state index contributed by atoms with van der Waals surface area (Å²) < 4.78 is 11.2. The maximum Gasteiger partial charge on any atom is 0.253 e. The quantitative estimate of drug-likeness (QED) is 0.854. The van der Waals surface area contributed by atoms with Gasteiger partial charge in [-0.15, -0.1) is 10.2 Å². The first kappa shape index (κ1) is 12.0. The van der Waals surface area contributed by atoms with Crippen molar-refractivity contribution in [3.05, 3.63) is 36.0 Å². The number of rotatable bonds is 4. The highest BCUT2D eigenvalue weighted by atomic mass is 16.5. The van der Waals surface area contributed by atoms with Crippen molar-refractivity contribution in [2.45, 2.75) is 38.2 Å². The Morgan fingerprint density at radius 2 is 2.00 bits per heavy atom. The number of nitrogens with two attached hydrogens (primary N) is 1. The Labute approximate surface area is 111 Å². The topological polar surface area (TPSA) is 74.2 Å². The molecule has 1 aromatic heterocycles. The van der Waals surface area contributed by atoms with Gasteiger partial charge < -0.3 is 14.9 Å². The lowest BCUT2D eigenvalue weighted by Crippen LogP contribution is -1.98. The van der Waals surface area contributed by atoms with Crippen molar-refractivity contribution >= 4 is 5.69 Å². The molecule has 1 aliphatic rings. The standard InChI is InChI=1S/C14H17N3O2/c15-11-7-3-4-8-12(11)18-9-13-16-17-14(19-13)10-5-1-2-6-10/h3-4,7-8,10H,1-2,5-6,9,15H2. The minimum Gasteiger partial charge on any atom is -0.482 e. The van der Waals surface area contributed by atoms with Crippen molar-refractivity contribution in [2.75, 3.05) is 5.73 Å². The summed E-state index contributed by atoms with van der Waals surface area (Å²) in [5.41, 5.74) is 6.41. The minimum atomic E-state index is 0.258. The number of aromatic nitrogens is 2. The third-order valence-corrected chi connectivity index (χ3v) is 3.46. The van der Waals surface area contributed by atoms with Crippen LogP contribution >= 0.6 is 0 Å². The predicted molar refractivity (Wildman–Crippen MR) is 70.7 cm³/mol. The van der Waals surface area contributed by atoms with E-state index in [1.165, 1.54) is 12.8 Å². The molecule has 19 heavy (non-hydrogen) atoms. The molecule has 0 saturated heterocycles. The largest absolute Gasteiger partial charge is 0.482 e. The van der Waals surface area contributed by atoms with E-state index in [1.807, 2.05) is 18.2 Å².